The Balaban J connectivity index is 2.07. The highest BCUT2D eigenvalue weighted by Crippen LogP contribution is 2.32. The van der Waals surface area contributed by atoms with Crippen molar-refractivity contribution >= 4 is 28.7 Å². The summed E-state index contributed by atoms with van der Waals surface area (Å²) in [6.07, 6.45) is 1.53. The smallest absolute Gasteiger partial charge is 0.223 e. The minimum atomic E-state index is -0.654. The van der Waals surface area contributed by atoms with Crippen molar-refractivity contribution in [2.45, 2.75) is 9.92 Å². The predicted octanol–water partition coefficient (Wildman–Crippen LogP) is 2.36. The minimum absolute atomic E-state index is 0.0572. The first-order valence-corrected chi connectivity index (χ1v) is 6.04. The fourth-order valence-electron chi connectivity index (χ4n) is 1.56. The van der Waals surface area contributed by atoms with Gasteiger partial charge in [-0.3, -0.25) is 5.10 Å². The monoisotopic (exact) mass is 279 g/mol. The van der Waals surface area contributed by atoms with E-state index >= 15 is 0 Å². The second-order valence-corrected chi connectivity index (χ2v) is 4.73. The van der Waals surface area contributed by atoms with E-state index < -0.39 is 11.6 Å². The van der Waals surface area contributed by atoms with Gasteiger partial charge in [0, 0.05) is 11.0 Å². The lowest BCUT2D eigenvalue weighted by molar-refractivity contribution is 0.565. The molecule has 0 radical (unpaired) electrons. The third kappa shape index (κ3) is 2.22. The number of hydrogen-bond acceptors (Lipinski definition) is 5. The Morgan fingerprint density at radius 3 is 2.84 bits per heavy atom. The van der Waals surface area contributed by atoms with Gasteiger partial charge in [-0.1, -0.05) is 11.8 Å². The number of anilines is 1. The van der Waals surface area contributed by atoms with E-state index in [2.05, 4.69) is 20.2 Å². The third-order valence-corrected chi connectivity index (χ3v) is 3.45. The molecule has 0 saturated heterocycles. The van der Waals surface area contributed by atoms with Crippen LogP contribution in [0.2, 0.25) is 0 Å². The van der Waals surface area contributed by atoms with Crippen LogP contribution in [0.5, 0.6) is 0 Å². The van der Waals surface area contributed by atoms with Crippen LogP contribution in [0.15, 0.2) is 34.3 Å². The van der Waals surface area contributed by atoms with Gasteiger partial charge in [-0.2, -0.15) is 10.1 Å². The molecule has 0 aliphatic heterocycles. The van der Waals surface area contributed by atoms with Gasteiger partial charge in [-0.15, -0.1) is 0 Å². The number of nitrogen functional groups attached to an aromatic ring is 1. The summed E-state index contributed by atoms with van der Waals surface area (Å²) in [6, 6.07) is 3.35. The van der Waals surface area contributed by atoms with E-state index in [1.807, 2.05) is 0 Å². The number of nitrogens with one attached hydrogen (secondary N) is 1. The second kappa shape index (κ2) is 4.47. The highest BCUT2D eigenvalue weighted by atomic mass is 32.2. The van der Waals surface area contributed by atoms with Crippen LogP contribution in [0, 0.1) is 11.6 Å². The first-order chi connectivity index (χ1) is 9.13. The highest BCUT2D eigenvalue weighted by Gasteiger charge is 2.12. The van der Waals surface area contributed by atoms with E-state index in [0.29, 0.717) is 16.1 Å². The lowest BCUT2D eigenvalue weighted by atomic mass is 10.3. The van der Waals surface area contributed by atoms with Crippen molar-refractivity contribution in [3.05, 3.63) is 36.0 Å². The largest absolute Gasteiger partial charge is 0.368 e. The molecule has 0 aliphatic carbocycles. The zero-order valence-corrected chi connectivity index (χ0v) is 10.2. The number of aromatic nitrogens is 4. The Hall–Kier alpha value is -2.22. The number of aromatic amines is 1. The summed E-state index contributed by atoms with van der Waals surface area (Å²) in [6.45, 7) is 0. The molecule has 0 aliphatic rings. The maximum absolute atomic E-state index is 13.6. The molecule has 96 valence electrons. The van der Waals surface area contributed by atoms with Crippen molar-refractivity contribution in [1.29, 1.82) is 0 Å². The molecular formula is C11H7F2N5S. The van der Waals surface area contributed by atoms with Crippen molar-refractivity contribution in [3.63, 3.8) is 0 Å². The second-order valence-electron chi connectivity index (χ2n) is 3.70. The van der Waals surface area contributed by atoms with E-state index in [9.17, 15) is 8.78 Å². The summed E-state index contributed by atoms with van der Waals surface area (Å²) in [4.78, 5) is 8.25. The fraction of sp³-hybridized carbons (Fsp3) is 0. The van der Waals surface area contributed by atoms with Gasteiger partial charge in [0.2, 0.25) is 5.95 Å². The molecular weight excluding hydrogens is 272 g/mol. The van der Waals surface area contributed by atoms with Gasteiger partial charge in [0.1, 0.15) is 16.7 Å². The summed E-state index contributed by atoms with van der Waals surface area (Å²) < 4.78 is 26.4. The topological polar surface area (TPSA) is 80.5 Å². The first-order valence-electron chi connectivity index (χ1n) is 5.23. The highest BCUT2D eigenvalue weighted by molar-refractivity contribution is 7.99. The van der Waals surface area contributed by atoms with Crippen molar-refractivity contribution < 1.29 is 8.78 Å². The normalized spacial score (nSPS) is 11.1. The number of nitrogens with two attached hydrogens (primary N) is 1. The summed E-state index contributed by atoms with van der Waals surface area (Å²) >= 11 is 1.04. The standard InChI is InChI=1S/C11H7F2N5S/c12-5-1-2-8(7(13)3-5)19-10-6-4-15-18-9(6)16-11(14)17-10/h1-4H,(H3,14,15,16,17,18). The van der Waals surface area contributed by atoms with Crippen molar-refractivity contribution in [3.8, 4) is 0 Å². The Kier molecular flexibility index (Phi) is 2.79. The van der Waals surface area contributed by atoms with Gasteiger partial charge in [0.05, 0.1) is 11.6 Å². The molecule has 19 heavy (non-hydrogen) atoms. The lowest BCUT2D eigenvalue weighted by Crippen LogP contribution is -1.96. The molecule has 0 fully saturated rings. The molecule has 8 heteroatoms. The van der Waals surface area contributed by atoms with E-state index in [-0.39, 0.29) is 10.8 Å². The van der Waals surface area contributed by atoms with Crippen LogP contribution in [-0.2, 0) is 0 Å². The molecule has 0 amide bonds. The molecule has 0 atom stereocenters. The number of fused-ring (bicyclic) bond motifs is 1. The van der Waals surface area contributed by atoms with Gasteiger partial charge < -0.3 is 5.73 Å². The summed E-state index contributed by atoms with van der Waals surface area (Å²) in [7, 11) is 0. The molecule has 1 aromatic carbocycles. The molecule has 0 spiro atoms. The van der Waals surface area contributed by atoms with Crippen LogP contribution < -0.4 is 5.73 Å². The van der Waals surface area contributed by atoms with E-state index in [4.69, 9.17) is 5.73 Å². The van der Waals surface area contributed by atoms with Gasteiger partial charge in [0.25, 0.3) is 0 Å². The van der Waals surface area contributed by atoms with Gasteiger partial charge in [-0.25, -0.2) is 13.8 Å². The zero-order chi connectivity index (χ0) is 13.4. The Morgan fingerprint density at radius 1 is 1.21 bits per heavy atom. The van der Waals surface area contributed by atoms with Crippen molar-refractivity contribution in [2.24, 2.45) is 0 Å². The van der Waals surface area contributed by atoms with Gasteiger partial charge >= 0.3 is 0 Å². The van der Waals surface area contributed by atoms with E-state index in [1.165, 1.54) is 18.3 Å². The molecule has 2 aromatic heterocycles. The fourth-order valence-corrected chi connectivity index (χ4v) is 2.46. The Bertz CT molecular complexity index is 758. The molecule has 2 heterocycles. The van der Waals surface area contributed by atoms with Crippen LogP contribution in [0.3, 0.4) is 0 Å². The number of nitrogens with zero attached hydrogens (tertiary/aromatic N) is 3. The molecule has 0 bridgehead atoms. The van der Waals surface area contributed by atoms with Crippen LogP contribution in [0.1, 0.15) is 0 Å². The minimum Gasteiger partial charge on any atom is -0.368 e. The van der Waals surface area contributed by atoms with Crippen LogP contribution in [-0.4, -0.2) is 20.2 Å². The molecule has 3 aromatic rings. The molecule has 3 N–H and O–H groups in total. The van der Waals surface area contributed by atoms with Gasteiger partial charge in [0.15, 0.2) is 5.65 Å². The van der Waals surface area contributed by atoms with Crippen LogP contribution in [0.25, 0.3) is 11.0 Å². The third-order valence-electron chi connectivity index (χ3n) is 2.39. The molecule has 0 unspecified atom stereocenters. The van der Waals surface area contributed by atoms with Crippen molar-refractivity contribution in [2.75, 3.05) is 5.73 Å². The summed E-state index contributed by atoms with van der Waals surface area (Å²) in [5.74, 6) is -1.22. The summed E-state index contributed by atoms with van der Waals surface area (Å²) in [5, 5.41) is 7.58. The number of halogens is 2. The van der Waals surface area contributed by atoms with Crippen molar-refractivity contribution in [1.82, 2.24) is 20.2 Å². The predicted molar refractivity (Wildman–Crippen MR) is 66.6 cm³/mol. The quantitative estimate of drug-likeness (QED) is 0.704. The van der Waals surface area contributed by atoms with Crippen LogP contribution in [0.4, 0.5) is 14.7 Å². The average Bonchev–Trinajstić information content (AvgIpc) is 2.80. The number of hydrogen-bond donors (Lipinski definition) is 2. The van der Waals surface area contributed by atoms with E-state index in [1.54, 1.807) is 0 Å². The van der Waals surface area contributed by atoms with Gasteiger partial charge in [-0.05, 0) is 12.1 Å². The zero-order valence-electron chi connectivity index (χ0n) is 9.39. The average molecular weight is 279 g/mol. The maximum Gasteiger partial charge on any atom is 0.223 e. The Labute approximate surface area is 110 Å². The lowest BCUT2D eigenvalue weighted by Gasteiger charge is -2.04. The molecule has 0 saturated carbocycles. The SMILES string of the molecule is Nc1nc(Sc2ccc(F)cc2F)c2cn[nH]c2n1. The molecule has 5 nitrogen and oxygen atoms in total. The molecule has 3 rings (SSSR count). The number of H-pyrrole nitrogens is 1. The first kappa shape index (κ1) is 11.8. The van der Waals surface area contributed by atoms with Crippen LogP contribution >= 0.6 is 11.8 Å². The van der Waals surface area contributed by atoms with E-state index in [0.717, 1.165) is 17.8 Å². The number of benzene rings is 1. The maximum atomic E-state index is 13.6. The summed E-state index contributed by atoms with van der Waals surface area (Å²) in [5.41, 5.74) is 6.03. The number of rotatable bonds is 2. The Morgan fingerprint density at radius 2 is 2.05 bits per heavy atom.